The Kier molecular flexibility index (Phi) is 5.22. The van der Waals surface area contributed by atoms with Crippen molar-refractivity contribution in [3.8, 4) is 11.8 Å². The normalized spacial score (nSPS) is 16.3. The van der Waals surface area contributed by atoms with Gasteiger partial charge in [0.2, 0.25) is 5.95 Å². The highest BCUT2D eigenvalue weighted by Crippen LogP contribution is 2.23. The zero-order valence-corrected chi connectivity index (χ0v) is 18.5. The van der Waals surface area contributed by atoms with Crippen LogP contribution >= 0.6 is 0 Å². The van der Waals surface area contributed by atoms with Crippen molar-refractivity contribution in [2.75, 3.05) is 18.0 Å². The Morgan fingerprint density at radius 3 is 2.82 bits per heavy atom. The summed E-state index contributed by atoms with van der Waals surface area (Å²) in [4.78, 5) is 33.6. The van der Waals surface area contributed by atoms with Crippen molar-refractivity contribution < 1.29 is 4.63 Å². The average Bonchev–Trinajstić information content (AvgIpc) is 3.43. The first-order chi connectivity index (χ1) is 16.0. The first kappa shape index (κ1) is 21.0. The minimum absolute atomic E-state index is 0.0330. The van der Waals surface area contributed by atoms with E-state index in [1.165, 1.54) is 9.13 Å². The summed E-state index contributed by atoms with van der Waals surface area (Å²) in [5.41, 5.74) is 7.92. The molecule has 4 heterocycles. The first-order valence-electron chi connectivity index (χ1n) is 10.8. The third-order valence-electron chi connectivity index (χ3n) is 6.03. The first-order valence-corrected chi connectivity index (χ1v) is 10.8. The Morgan fingerprint density at radius 2 is 2.03 bits per heavy atom. The van der Waals surface area contributed by atoms with Crippen LogP contribution in [0.2, 0.25) is 0 Å². The molecule has 0 amide bonds. The number of imidazole rings is 1. The summed E-state index contributed by atoms with van der Waals surface area (Å²) in [6.07, 6.45) is 1.88. The molecule has 0 spiro atoms. The molecule has 5 rings (SSSR count). The van der Waals surface area contributed by atoms with Crippen molar-refractivity contribution in [1.29, 1.82) is 0 Å². The van der Waals surface area contributed by atoms with Crippen molar-refractivity contribution in [3.05, 3.63) is 44.6 Å². The topological polar surface area (TPSA) is 130 Å². The molecule has 1 unspecified atom stereocenters. The van der Waals surface area contributed by atoms with Gasteiger partial charge in [-0.1, -0.05) is 12.0 Å². The Bertz CT molecular complexity index is 1530. The number of nitrogens with two attached hydrogens (primary N) is 1. The van der Waals surface area contributed by atoms with Gasteiger partial charge in [-0.25, -0.2) is 9.42 Å². The van der Waals surface area contributed by atoms with Crippen LogP contribution in [0.25, 0.3) is 22.2 Å². The number of hydrogen-bond acceptors (Lipinski definition) is 8. The molecule has 0 radical (unpaired) electrons. The summed E-state index contributed by atoms with van der Waals surface area (Å²) in [5, 5.41) is 7.63. The van der Waals surface area contributed by atoms with Crippen LogP contribution in [-0.4, -0.2) is 48.1 Å². The van der Waals surface area contributed by atoms with Crippen molar-refractivity contribution in [2.45, 2.75) is 38.9 Å². The SMILES string of the molecule is CC#CCn1c(N2CCCC(N)C2)nc2c1c(=O)n(Cc1ccc3nonc3c1)c(=O)n2C. The third kappa shape index (κ3) is 3.58. The molecule has 1 atom stereocenters. The summed E-state index contributed by atoms with van der Waals surface area (Å²) < 4.78 is 9.16. The van der Waals surface area contributed by atoms with Crippen LogP contribution in [-0.2, 0) is 20.1 Å². The number of anilines is 1. The smallest absolute Gasteiger partial charge is 0.332 e. The van der Waals surface area contributed by atoms with E-state index in [0.29, 0.717) is 34.7 Å². The van der Waals surface area contributed by atoms with Gasteiger partial charge >= 0.3 is 5.69 Å². The van der Waals surface area contributed by atoms with Crippen LogP contribution in [0.4, 0.5) is 5.95 Å². The van der Waals surface area contributed by atoms with Crippen molar-refractivity contribution in [1.82, 2.24) is 29.0 Å². The van der Waals surface area contributed by atoms with E-state index in [1.54, 1.807) is 36.7 Å². The second kappa shape index (κ2) is 8.22. The van der Waals surface area contributed by atoms with E-state index in [4.69, 9.17) is 15.3 Å². The second-order valence-electron chi connectivity index (χ2n) is 8.27. The highest BCUT2D eigenvalue weighted by atomic mass is 16.6. The molecule has 2 N–H and O–H groups in total. The standard InChI is InChI=1S/C22H24N8O3/c1-3-4-10-29-18-19(24-21(29)28-9-5-6-15(23)13-28)27(2)22(32)30(20(18)31)12-14-7-8-16-17(11-14)26-33-25-16/h7-8,11,15H,5-6,9-10,12-13,23H2,1-2H3. The van der Waals surface area contributed by atoms with Crippen LogP contribution < -0.4 is 21.9 Å². The predicted octanol–water partition coefficient (Wildman–Crippen LogP) is 0.432. The Labute approximate surface area is 188 Å². The van der Waals surface area contributed by atoms with Gasteiger partial charge < -0.3 is 10.6 Å². The molecule has 3 aromatic heterocycles. The zero-order chi connectivity index (χ0) is 23.1. The maximum absolute atomic E-state index is 13.6. The van der Waals surface area contributed by atoms with E-state index in [0.717, 1.165) is 24.9 Å². The van der Waals surface area contributed by atoms with Gasteiger partial charge in [0.25, 0.3) is 5.56 Å². The molecule has 1 aliphatic rings. The van der Waals surface area contributed by atoms with E-state index in [1.807, 2.05) is 0 Å². The van der Waals surface area contributed by atoms with Gasteiger partial charge in [0.05, 0.1) is 13.1 Å². The Morgan fingerprint density at radius 1 is 1.21 bits per heavy atom. The number of fused-ring (bicyclic) bond motifs is 2. The van der Waals surface area contributed by atoms with Crippen LogP contribution in [0.3, 0.4) is 0 Å². The molecule has 4 aromatic rings. The second-order valence-corrected chi connectivity index (χ2v) is 8.27. The van der Waals surface area contributed by atoms with Crippen molar-refractivity contribution in [2.24, 2.45) is 12.8 Å². The zero-order valence-electron chi connectivity index (χ0n) is 18.5. The molecule has 0 bridgehead atoms. The fourth-order valence-electron chi connectivity index (χ4n) is 4.35. The molecule has 11 nitrogen and oxygen atoms in total. The minimum Gasteiger partial charge on any atom is -0.341 e. The fraction of sp³-hybridized carbons (Fsp3) is 0.409. The Balaban J connectivity index is 1.68. The average molecular weight is 448 g/mol. The molecule has 1 saturated heterocycles. The van der Waals surface area contributed by atoms with E-state index < -0.39 is 11.2 Å². The van der Waals surface area contributed by atoms with Crippen LogP contribution in [0.15, 0.2) is 32.4 Å². The van der Waals surface area contributed by atoms with Crippen molar-refractivity contribution in [3.63, 3.8) is 0 Å². The summed E-state index contributed by atoms with van der Waals surface area (Å²) in [5.74, 6) is 6.53. The lowest BCUT2D eigenvalue weighted by Crippen LogP contribution is -2.44. The van der Waals surface area contributed by atoms with Crippen LogP contribution in [0.1, 0.15) is 25.3 Å². The van der Waals surface area contributed by atoms with Crippen LogP contribution in [0, 0.1) is 11.8 Å². The lowest BCUT2D eigenvalue weighted by atomic mass is 10.1. The van der Waals surface area contributed by atoms with E-state index in [9.17, 15) is 9.59 Å². The molecule has 0 saturated carbocycles. The van der Waals surface area contributed by atoms with E-state index >= 15 is 0 Å². The van der Waals surface area contributed by atoms with Gasteiger partial charge in [-0.05, 0) is 47.8 Å². The number of piperidine rings is 1. The summed E-state index contributed by atoms with van der Waals surface area (Å²) in [7, 11) is 1.62. The maximum Gasteiger partial charge on any atom is 0.332 e. The van der Waals surface area contributed by atoms with Crippen LogP contribution in [0.5, 0.6) is 0 Å². The minimum atomic E-state index is -0.445. The summed E-state index contributed by atoms with van der Waals surface area (Å²) >= 11 is 0. The Hall–Kier alpha value is -3.91. The predicted molar refractivity (Wildman–Crippen MR) is 123 cm³/mol. The lowest BCUT2D eigenvalue weighted by molar-refractivity contribution is 0.315. The molecule has 1 aromatic carbocycles. The monoisotopic (exact) mass is 448 g/mol. The number of nitrogens with zero attached hydrogens (tertiary/aromatic N) is 7. The molecule has 1 fully saturated rings. The molecule has 11 heteroatoms. The summed E-state index contributed by atoms with van der Waals surface area (Å²) in [6, 6.07) is 5.32. The fourth-order valence-corrected chi connectivity index (χ4v) is 4.35. The number of benzene rings is 1. The van der Waals surface area contributed by atoms with Crippen molar-refractivity contribution >= 4 is 28.1 Å². The van der Waals surface area contributed by atoms with E-state index in [2.05, 4.69) is 27.1 Å². The van der Waals surface area contributed by atoms with Gasteiger partial charge in [0, 0.05) is 26.2 Å². The maximum atomic E-state index is 13.6. The van der Waals surface area contributed by atoms with Gasteiger partial charge in [-0.2, -0.15) is 4.98 Å². The van der Waals surface area contributed by atoms with E-state index in [-0.39, 0.29) is 19.1 Å². The molecule has 170 valence electrons. The summed E-state index contributed by atoms with van der Waals surface area (Å²) in [6.45, 7) is 3.54. The largest absolute Gasteiger partial charge is 0.341 e. The number of rotatable bonds is 4. The highest BCUT2D eigenvalue weighted by Gasteiger charge is 2.26. The van der Waals surface area contributed by atoms with Gasteiger partial charge in [-0.15, -0.1) is 5.92 Å². The van der Waals surface area contributed by atoms with Gasteiger partial charge in [0.15, 0.2) is 11.2 Å². The number of aryl methyl sites for hydroxylation is 1. The molecular formula is C22H24N8O3. The molecular weight excluding hydrogens is 424 g/mol. The lowest BCUT2D eigenvalue weighted by Gasteiger charge is -2.31. The molecule has 0 aliphatic carbocycles. The molecule has 1 aliphatic heterocycles. The quantitative estimate of drug-likeness (QED) is 0.445. The van der Waals surface area contributed by atoms with Gasteiger partial charge in [0.1, 0.15) is 11.0 Å². The third-order valence-corrected chi connectivity index (χ3v) is 6.03. The highest BCUT2D eigenvalue weighted by molar-refractivity contribution is 5.75. The van der Waals surface area contributed by atoms with Gasteiger partial charge in [-0.3, -0.25) is 18.5 Å². The number of aromatic nitrogens is 6. The molecule has 33 heavy (non-hydrogen) atoms. The number of hydrogen-bond donors (Lipinski definition) is 1.